The van der Waals surface area contributed by atoms with Gasteiger partial charge in [-0.15, -0.1) is 11.3 Å². The Bertz CT molecular complexity index is 801. The number of urea groups is 1. The SMILES string of the molecule is CCOc1ccc(C(=O)CN2C(=O)NC(C)(c3cccs3)C2=O)cc1. The fourth-order valence-electron chi connectivity index (χ4n) is 2.71. The molecule has 1 fully saturated rings. The molecule has 3 amide bonds. The highest BCUT2D eigenvalue weighted by molar-refractivity contribution is 7.10. The Morgan fingerprint density at radius 2 is 1.96 bits per heavy atom. The lowest BCUT2D eigenvalue weighted by molar-refractivity contribution is -0.130. The number of rotatable bonds is 6. The molecule has 6 nitrogen and oxygen atoms in total. The summed E-state index contributed by atoms with van der Waals surface area (Å²) in [5.74, 6) is -0.0551. The van der Waals surface area contributed by atoms with Crippen LogP contribution in [0, 0.1) is 0 Å². The van der Waals surface area contributed by atoms with Gasteiger partial charge in [-0.25, -0.2) is 4.79 Å². The topological polar surface area (TPSA) is 75.7 Å². The molecule has 1 aromatic carbocycles. The molecule has 1 unspecified atom stereocenters. The molecular formula is C18H18N2O4S. The van der Waals surface area contributed by atoms with Crippen LogP contribution in [0.4, 0.5) is 4.79 Å². The van der Waals surface area contributed by atoms with Crippen LogP contribution in [-0.4, -0.2) is 35.8 Å². The van der Waals surface area contributed by atoms with E-state index in [0.717, 1.165) is 9.78 Å². The lowest BCUT2D eigenvalue weighted by atomic mass is 10.0. The van der Waals surface area contributed by atoms with Crippen molar-refractivity contribution < 1.29 is 19.1 Å². The van der Waals surface area contributed by atoms with Gasteiger partial charge in [-0.1, -0.05) is 6.07 Å². The van der Waals surface area contributed by atoms with Crippen LogP contribution in [0.5, 0.6) is 5.75 Å². The van der Waals surface area contributed by atoms with Gasteiger partial charge in [0, 0.05) is 10.4 Å². The van der Waals surface area contributed by atoms with Crippen LogP contribution in [0.2, 0.25) is 0 Å². The molecular weight excluding hydrogens is 340 g/mol. The first-order valence-electron chi connectivity index (χ1n) is 7.90. The van der Waals surface area contributed by atoms with Crippen molar-refractivity contribution >= 4 is 29.1 Å². The van der Waals surface area contributed by atoms with Crippen molar-refractivity contribution in [1.29, 1.82) is 0 Å². The number of amides is 3. The minimum atomic E-state index is -1.12. The van der Waals surface area contributed by atoms with E-state index < -0.39 is 17.5 Å². The van der Waals surface area contributed by atoms with Crippen LogP contribution in [-0.2, 0) is 10.3 Å². The second-order valence-corrected chi connectivity index (χ2v) is 6.75. The number of carbonyl (C=O) groups is 3. The van der Waals surface area contributed by atoms with E-state index in [1.807, 2.05) is 18.4 Å². The van der Waals surface area contributed by atoms with Crippen molar-refractivity contribution in [2.75, 3.05) is 13.2 Å². The molecule has 130 valence electrons. The predicted molar refractivity (Wildman–Crippen MR) is 93.9 cm³/mol. The van der Waals surface area contributed by atoms with E-state index >= 15 is 0 Å². The third-order valence-corrected chi connectivity index (χ3v) is 5.17. The number of ketones is 1. The number of hydrogen-bond donors (Lipinski definition) is 1. The van der Waals surface area contributed by atoms with E-state index in [0.29, 0.717) is 17.9 Å². The van der Waals surface area contributed by atoms with E-state index in [1.165, 1.54) is 11.3 Å². The van der Waals surface area contributed by atoms with Crippen LogP contribution in [0.3, 0.4) is 0 Å². The smallest absolute Gasteiger partial charge is 0.325 e. The molecule has 2 heterocycles. The van der Waals surface area contributed by atoms with Crippen LogP contribution >= 0.6 is 11.3 Å². The molecule has 1 aliphatic rings. The van der Waals surface area contributed by atoms with Gasteiger partial charge < -0.3 is 10.1 Å². The zero-order valence-corrected chi connectivity index (χ0v) is 14.8. The summed E-state index contributed by atoms with van der Waals surface area (Å²) in [6, 6.07) is 9.70. The lowest BCUT2D eigenvalue weighted by Gasteiger charge is -2.19. The number of nitrogens with zero attached hydrogens (tertiary/aromatic N) is 1. The summed E-state index contributed by atoms with van der Waals surface area (Å²) in [5.41, 5.74) is -0.696. The number of thiophene rings is 1. The van der Waals surface area contributed by atoms with Gasteiger partial charge in [-0.2, -0.15) is 0 Å². The van der Waals surface area contributed by atoms with Gasteiger partial charge in [0.1, 0.15) is 5.75 Å². The Hall–Kier alpha value is -2.67. The maximum atomic E-state index is 12.7. The van der Waals surface area contributed by atoms with E-state index in [4.69, 9.17) is 4.74 Å². The Morgan fingerprint density at radius 3 is 2.56 bits per heavy atom. The Balaban J connectivity index is 1.75. The first-order valence-corrected chi connectivity index (χ1v) is 8.78. The third kappa shape index (κ3) is 3.15. The molecule has 0 saturated carbocycles. The summed E-state index contributed by atoms with van der Waals surface area (Å²) >= 11 is 1.39. The molecule has 0 bridgehead atoms. The monoisotopic (exact) mass is 358 g/mol. The standard InChI is InChI=1S/C18H18N2O4S/c1-3-24-13-8-6-12(7-9-13)14(21)11-20-16(22)18(2,19-17(20)23)15-5-4-10-25-15/h4-10H,3,11H2,1-2H3,(H,19,23). The van der Waals surface area contributed by atoms with Crippen molar-refractivity contribution in [2.45, 2.75) is 19.4 Å². The molecule has 25 heavy (non-hydrogen) atoms. The highest BCUT2D eigenvalue weighted by atomic mass is 32.1. The minimum Gasteiger partial charge on any atom is -0.494 e. The molecule has 7 heteroatoms. The molecule has 0 spiro atoms. The molecule has 1 N–H and O–H groups in total. The molecule has 3 rings (SSSR count). The molecule has 2 aromatic rings. The number of benzene rings is 1. The number of Topliss-reactive ketones (excluding diaryl/α,β-unsaturated/α-hetero) is 1. The largest absolute Gasteiger partial charge is 0.494 e. The normalized spacial score (nSPS) is 19.8. The first kappa shape index (κ1) is 17.2. The molecule has 1 atom stereocenters. The average Bonchev–Trinajstić information content (AvgIpc) is 3.20. The van der Waals surface area contributed by atoms with Crippen LogP contribution < -0.4 is 10.1 Å². The van der Waals surface area contributed by atoms with Gasteiger partial charge in [0.05, 0.1) is 13.2 Å². The zero-order valence-electron chi connectivity index (χ0n) is 13.9. The Morgan fingerprint density at radius 1 is 1.24 bits per heavy atom. The van der Waals surface area contributed by atoms with E-state index in [1.54, 1.807) is 37.3 Å². The summed E-state index contributed by atoms with van der Waals surface area (Å²) in [6.07, 6.45) is 0. The van der Waals surface area contributed by atoms with Crippen LogP contribution in [0.1, 0.15) is 29.1 Å². The predicted octanol–water partition coefficient (Wildman–Crippen LogP) is 2.80. The highest BCUT2D eigenvalue weighted by Crippen LogP contribution is 2.31. The molecule has 1 aliphatic heterocycles. The summed E-state index contributed by atoms with van der Waals surface area (Å²) < 4.78 is 5.34. The maximum Gasteiger partial charge on any atom is 0.325 e. The first-order chi connectivity index (χ1) is 12.0. The Kier molecular flexibility index (Phi) is 4.59. The average molecular weight is 358 g/mol. The van der Waals surface area contributed by atoms with Crippen LogP contribution in [0.25, 0.3) is 0 Å². The van der Waals surface area contributed by atoms with Gasteiger partial charge in [0.15, 0.2) is 11.3 Å². The Labute approximate surface area is 149 Å². The number of ether oxygens (including phenoxy) is 1. The lowest BCUT2D eigenvalue weighted by Crippen LogP contribution is -2.40. The fourth-order valence-corrected chi connectivity index (χ4v) is 3.54. The van der Waals surface area contributed by atoms with Gasteiger partial charge in [0.25, 0.3) is 5.91 Å². The van der Waals surface area contributed by atoms with Crippen molar-refractivity contribution in [1.82, 2.24) is 10.2 Å². The third-order valence-electron chi connectivity index (χ3n) is 4.08. The maximum absolute atomic E-state index is 12.7. The summed E-state index contributed by atoms with van der Waals surface area (Å²) in [6.45, 7) is 3.78. The fraction of sp³-hybridized carbons (Fsp3) is 0.278. The molecule has 0 aliphatic carbocycles. The second kappa shape index (κ2) is 6.68. The molecule has 1 aromatic heterocycles. The van der Waals surface area contributed by atoms with Crippen molar-refractivity contribution in [3.05, 3.63) is 52.2 Å². The number of imide groups is 1. The van der Waals surface area contributed by atoms with Gasteiger partial charge in [-0.05, 0) is 49.6 Å². The van der Waals surface area contributed by atoms with Gasteiger partial charge in [-0.3, -0.25) is 14.5 Å². The van der Waals surface area contributed by atoms with Crippen molar-refractivity contribution in [2.24, 2.45) is 0 Å². The summed E-state index contributed by atoms with van der Waals surface area (Å²) in [4.78, 5) is 39.1. The second-order valence-electron chi connectivity index (χ2n) is 5.80. The van der Waals surface area contributed by atoms with Gasteiger partial charge >= 0.3 is 6.03 Å². The van der Waals surface area contributed by atoms with E-state index in [-0.39, 0.29) is 12.3 Å². The van der Waals surface area contributed by atoms with Crippen molar-refractivity contribution in [3.8, 4) is 5.75 Å². The van der Waals surface area contributed by atoms with E-state index in [9.17, 15) is 14.4 Å². The van der Waals surface area contributed by atoms with E-state index in [2.05, 4.69) is 5.32 Å². The molecule has 0 radical (unpaired) electrons. The van der Waals surface area contributed by atoms with Crippen molar-refractivity contribution in [3.63, 3.8) is 0 Å². The summed E-state index contributed by atoms with van der Waals surface area (Å²) in [5, 5.41) is 4.53. The quantitative estimate of drug-likeness (QED) is 0.636. The number of carbonyl (C=O) groups excluding carboxylic acids is 3. The number of hydrogen-bond acceptors (Lipinski definition) is 5. The summed E-state index contributed by atoms with van der Waals surface area (Å²) in [7, 11) is 0. The highest BCUT2D eigenvalue weighted by Gasteiger charge is 2.50. The molecule has 1 saturated heterocycles. The minimum absolute atomic E-state index is 0.292. The zero-order chi connectivity index (χ0) is 18.0. The number of nitrogens with one attached hydrogen (secondary N) is 1. The van der Waals surface area contributed by atoms with Gasteiger partial charge in [0.2, 0.25) is 0 Å². The van der Waals surface area contributed by atoms with Crippen LogP contribution in [0.15, 0.2) is 41.8 Å².